The third-order valence-electron chi connectivity index (χ3n) is 1.03. The first-order chi connectivity index (χ1) is 4.84. The summed E-state index contributed by atoms with van der Waals surface area (Å²) in [4.78, 5) is 10.9. The molecule has 5 heteroatoms. The topological polar surface area (TPSA) is 42.9 Å². The van der Waals surface area contributed by atoms with Gasteiger partial charge in [0.1, 0.15) is 0 Å². The van der Waals surface area contributed by atoms with Crippen molar-refractivity contribution >= 4 is 38.7 Å². The molecule has 0 radical (unpaired) electrons. The Hall–Kier alpha value is -0.290. The molecule has 60 valence electrons. The number of carbonyl (C=O) groups excluding carboxylic acids is 1. The van der Waals surface area contributed by atoms with Crippen LogP contribution < -0.4 is 0 Å². The number of rotatable bonds is 2. The van der Waals surface area contributed by atoms with Gasteiger partial charge in [-0.1, -0.05) is 15.9 Å². The Morgan fingerprint density at radius 3 is 2.73 bits per heavy atom. The van der Waals surface area contributed by atoms with E-state index in [1.165, 1.54) is 12.4 Å². The Morgan fingerprint density at radius 2 is 2.27 bits per heavy atom. The summed E-state index contributed by atoms with van der Waals surface area (Å²) in [6.45, 7) is 0. The summed E-state index contributed by atoms with van der Waals surface area (Å²) >= 11 is 3.05. The van der Waals surface area contributed by atoms with E-state index in [2.05, 4.69) is 26.1 Å². The highest BCUT2D eigenvalue weighted by Crippen LogP contribution is 1.97. The lowest BCUT2D eigenvalue weighted by Crippen LogP contribution is -2.00. The molecule has 0 saturated carbocycles. The predicted molar refractivity (Wildman–Crippen MR) is 50.5 cm³/mol. The van der Waals surface area contributed by atoms with E-state index in [0.717, 1.165) is 0 Å². The fourth-order valence-electron chi connectivity index (χ4n) is 0.533. The average Bonchev–Trinajstić information content (AvgIpc) is 2.05. The van der Waals surface area contributed by atoms with Crippen molar-refractivity contribution in [1.82, 2.24) is 10.2 Å². The van der Waals surface area contributed by atoms with Crippen LogP contribution in [0.4, 0.5) is 0 Å². The number of Topliss-reactive ketones (excluding diaryl/α,β-unsaturated/α-hetero) is 1. The minimum Gasteiger partial charge on any atom is -0.293 e. The van der Waals surface area contributed by atoms with Crippen molar-refractivity contribution in [3.05, 3.63) is 24.0 Å². The molecular formula is C6H6Br2N2O. The maximum atomic E-state index is 10.9. The lowest BCUT2D eigenvalue weighted by Gasteiger charge is -1.91. The molecular weight excluding hydrogens is 276 g/mol. The molecule has 1 aromatic rings. The summed E-state index contributed by atoms with van der Waals surface area (Å²) in [5.41, 5.74) is 0.590. The maximum absolute atomic E-state index is 10.9. The lowest BCUT2D eigenvalue weighted by molar-refractivity contribution is 0.102. The first kappa shape index (κ1) is 10.7. The second-order valence-electron chi connectivity index (χ2n) is 1.69. The van der Waals surface area contributed by atoms with Crippen LogP contribution in [0.15, 0.2) is 18.5 Å². The number of hydrogen-bond acceptors (Lipinski definition) is 3. The molecule has 0 aliphatic carbocycles. The molecule has 0 aliphatic rings. The van der Waals surface area contributed by atoms with Gasteiger partial charge in [-0.3, -0.25) is 4.79 Å². The van der Waals surface area contributed by atoms with Crippen LogP contribution >= 0.6 is 32.9 Å². The van der Waals surface area contributed by atoms with E-state index in [9.17, 15) is 4.79 Å². The number of halogens is 2. The van der Waals surface area contributed by atoms with Gasteiger partial charge in [-0.05, 0) is 6.07 Å². The van der Waals surface area contributed by atoms with E-state index >= 15 is 0 Å². The van der Waals surface area contributed by atoms with Gasteiger partial charge in [0.15, 0.2) is 5.78 Å². The predicted octanol–water partition coefficient (Wildman–Crippen LogP) is 1.63. The van der Waals surface area contributed by atoms with Gasteiger partial charge in [-0.15, -0.1) is 17.0 Å². The third kappa shape index (κ3) is 3.07. The first-order valence-corrected chi connectivity index (χ1v) is 3.82. The summed E-state index contributed by atoms with van der Waals surface area (Å²) in [5.74, 6) is 0.0231. The summed E-state index contributed by atoms with van der Waals surface area (Å²) in [7, 11) is 0. The number of ketones is 1. The molecule has 0 atom stereocenters. The molecule has 0 N–H and O–H groups in total. The minimum absolute atomic E-state index is 0. The number of hydrogen-bond donors (Lipinski definition) is 0. The van der Waals surface area contributed by atoms with Gasteiger partial charge in [0.05, 0.1) is 17.7 Å². The molecule has 0 unspecified atom stereocenters. The minimum atomic E-state index is 0. The molecule has 0 fully saturated rings. The maximum Gasteiger partial charge on any atom is 0.175 e. The highest BCUT2D eigenvalue weighted by Gasteiger charge is 2.01. The Bertz CT molecular complexity index is 227. The normalized spacial score (nSPS) is 8.45. The van der Waals surface area contributed by atoms with Gasteiger partial charge in [0.25, 0.3) is 0 Å². The molecule has 0 spiro atoms. The second-order valence-corrected chi connectivity index (χ2v) is 2.25. The number of aromatic nitrogens is 2. The van der Waals surface area contributed by atoms with Gasteiger partial charge in [-0.25, -0.2) is 0 Å². The first-order valence-electron chi connectivity index (χ1n) is 2.70. The Kier molecular flexibility index (Phi) is 5.23. The number of carbonyl (C=O) groups is 1. The Labute approximate surface area is 83.1 Å². The van der Waals surface area contributed by atoms with E-state index < -0.39 is 0 Å². The van der Waals surface area contributed by atoms with Crippen LogP contribution in [0, 0.1) is 0 Å². The van der Waals surface area contributed by atoms with Gasteiger partial charge >= 0.3 is 0 Å². The van der Waals surface area contributed by atoms with Crippen molar-refractivity contribution in [3.8, 4) is 0 Å². The van der Waals surface area contributed by atoms with E-state index in [1.807, 2.05) is 0 Å². The fourth-order valence-corrected chi connectivity index (χ4v) is 0.857. The number of nitrogens with zero attached hydrogens (tertiary/aromatic N) is 2. The van der Waals surface area contributed by atoms with Gasteiger partial charge in [0, 0.05) is 5.56 Å². The molecule has 11 heavy (non-hydrogen) atoms. The quantitative estimate of drug-likeness (QED) is 0.611. The van der Waals surface area contributed by atoms with Gasteiger partial charge in [0.2, 0.25) is 0 Å². The van der Waals surface area contributed by atoms with E-state index in [-0.39, 0.29) is 22.8 Å². The van der Waals surface area contributed by atoms with Crippen molar-refractivity contribution in [3.63, 3.8) is 0 Å². The summed E-state index contributed by atoms with van der Waals surface area (Å²) < 4.78 is 0. The SMILES string of the molecule is Br.O=C(CBr)c1ccnnc1. The molecule has 1 aromatic heterocycles. The smallest absolute Gasteiger partial charge is 0.175 e. The van der Waals surface area contributed by atoms with Crippen molar-refractivity contribution in [2.24, 2.45) is 0 Å². The lowest BCUT2D eigenvalue weighted by atomic mass is 10.2. The summed E-state index contributed by atoms with van der Waals surface area (Å²) in [5, 5.41) is 7.44. The summed E-state index contributed by atoms with van der Waals surface area (Å²) in [6.07, 6.45) is 2.94. The molecule has 0 amide bonds. The van der Waals surface area contributed by atoms with Crippen LogP contribution in [0.2, 0.25) is 0 Å². The molecule has 0 aromatic carbocycles. The monoisotopic (exact) mass is 280 g/mol. The van der Waals surface area contributed by atoms with Crippen LogP contribution in [0.1, 0.15) is 10.4 Å². The third-order valence-corrected chi connectivity index (χ3v) is 1.54. The molecule has 1 rings (SSSR count). The van der Waals surface area contributed by atoms with Crippen LogP contribution in [0.5, 0.6) is 0 Å². The second kappa shape index (κ2) is 5.37. The zero-order valence-electron chi connectivity index (χ0n) is 5.53. The Balaban J connectivity index is 0.000001000. The van der Waals surface area contributed by atoms with Crippen molar-refractivity contribution in [2.75, 3.05) is 5.33 Å². The van der Waals surface area contributed by atoms with Crippen molar-refractivity contribution in [1.29, 1.82) is 0 Å². The molecule has 1 heterocycles. The van der Waals surface area contributed by atoms with Crippen LogP contribution in [-0.4, -0.2) is 21.3 Å². The van der Waals surface area contributed by atoms with Crippen LogP contribution in [0.25, 0.3) is 0 Å². The van der Waals surface area contributed by atoms with E-state index in [4.69, 9.17) is 0 Å². The molecule has 3 nitrogen and oxygen atoms in total. The largest absolute Gasteiger partial charge is 0.293 e. The van der Waals surface area contributed by atoms with Crippen LogP contribution in [0.3, 0.4) is 0 Å². The van der Waals surface area contributed by atoms with Gasteiger partial charge < -0.3 is 0 Å². The standard InChI is InChI=1S/C6H5BrN2O.BrH/c7-3-6(10)5-1-2-8-9-4-5;/h1-2,4H,3H2;1H. The van der Waals surface area contributed by atoms with E-state index in [1.54, 1.807) is 6.07 Å². The van der Waals surface area contributed by atoms with Crippen LogP contribution in [-0.2, 0) is 0 Å². The van der Waals surface area contributed by atoms with E-state index in [0.29, 0.717) is 10.9 Å². The molecule has 0 bridgehead atoms. The van der Waals surface area contributed by atoms with Crippen molar-refractivity contribution in [2.45, 2.75) is 0 Å². The average molecular weight is 282 g/mol. The van der Waals surface area contributed by atoms with Crippen molar-refractivity contribution < 1.29 is 4.79 Å². The highest BCUT2D eigenvalue weighted by molar-refractivity contribution is 9.09. The zero-order valence-corrected chi connectivity index (χ0v) is 8.83. The Morgan fingerprint density at radius 1 is 1.55 bits per heavy atom. The number of alkyl halides is 1. The zero-order chi connectivity index (χ0) is 7.40. The highest BCUT2D eigenvalue weighted by atomic mass is 79.9. The summed E-state index contributed by atoms with van der Waals surface area (Å²) in [6, 6.07) is 1.64. The molecule has 0 aliphatic heterocycles. The van der Waals surface area contributed by atoms with Gasteiger partial charge in [-0.2, -0.15) is 10.2 Å². The fraction of sp³-hybridized carbons (Fsp3) is 0.167. The molecule has 0 saturated heterocycles.